The minimum atomic E-state index is -3.05. The highest BCUT2D eigenvalue weighted by atomic mass is 32.2. The number of nitrogens with zero attached hydrogens (tertiary/aromatic N) is 2. The summed E-state index contributed by atoms with van der Waals surface area (Å²) in [6, 6.07) is 0. The summed E-state index contributed by atoms with van der Waals surface area (Å²) in [5, 5.41) is 3.96. The lowest BCUT2D eigenvalue weighted by Gasteiger charge is -1.95. The van der Waals surface area contributed by atoms with Crippen LogP contribution in [0.4, 0.5) is 0 Å². The molecule has 0 amide bonds. The van der Waals surface area contributed by atoms with Gasteiger partial charge in [0.2, 0.25) is 0 Å². The first kappa shape index (κ1) is 8.43. The van der Waals surface area contributed by atoms with Crippen molar-refractivity contribution < 1.29 is 13.2 Å². The van der Waals surface area contributed by atoms with Gasteiger partial charge in [0.25, 0.3) is 0 Å². The molecule has 13 heavy (non-hydrogen) atoms. The van der Waals surface area contributed by atoms with E-state index in [0.717, 1.165) is 0 Å². The van der Waals surface area contributed by atoms with Crippen LogP contribution in [0.3, 0.4) is 0 Å². The Balaban J connectivity index is 2.62. The number of carbonyl (C=O) groups excluding carboxylic acids is 1. The van der Waals surface area contributed by atoms with Gasteiger partial charge in [0.05, 0.1) is 17.2 Å². The predicted molar refractivity (Wildman–Crippen MR) is 44.9 cm³/mol. The highest BCUT2D eigenvalue weighted by molar-refractivity contribution is 7.90. The minimum Gasteiger partial charge on any atom is -0.296 e. The molecule has 1 aliphatic heterocycles. The maximum atomic E-state index is 11.2. The molecular formula is C7H8N2O3S. The van der Waals surface area contributed by atoms with Crippen LogP contribution >= 0.6 is 0 Å². The first-order valence-corrected chi connectivity index (χ1v) is 5.56. The van der Waals surface area contributed by atoms with Crippen molar-refractivity contribution in [2.45, 2.75) is 11.5 Å². The smallest absolute Gasteiger partial charge is 0.168 e. The lowest BCUT2D eigenvalue weighted by atomic mass is 10.2. The summed E-state index contributed by atoms with van der Waals surface area (Å²) in [6.45, 7) is 0. The summed E-state index contributed by atoms with van der Waals surface area (Å²) in [4.78, 5) is 10.6. The van der Waals surface area contributed by atoms with Crippen LogP contribution in [0.15, 0.2) is 0 Å². The van der Waals surface area contributed by atoms with Crippen molar-refractivity contribution in [3.63, 3.8) is 0 Å². The second-order valence-electron chi connectivity index (χ2n) is 3.08. The lowest BCUT2D eigenvalue weighted by Crippen LogP contribution is -2.04. The van der Waals surface area contributed by atoms with Crippen LogP contribution in [-0.4, -0.2) is 24.5 Å². The van der Waals surface area contributed by atoms with E-state index in [4.69, 9.17) is 0 Å². The molecule has 2 heterocycles. The van der Waals surface area contributed by atoms with E-state index in [1.54, 1.807) is 7.05 Å². The molecule has 0 saturated heterocycles. The van der Waals surface area contributed by atoms with E-state index in [1.807, 2.05) is 0 Å². The average molecular weight is 200 g/mol. The third kappa shape index (κ3) is 1.17. The summed E-state index contributed by atoms with van der Waals surface area (Å²) in [6.07, 6.45) is 0.646. The average Bonchev–Trinajstić information content (AvgIpc) is 2.39. The Kier molecular flexibility index (Phi) is 1.56. The Labute approximate surface area is 75.3 Å². The van der Waals surface area contributed by atoms with Crippen molar-refractivity contribution in [1.29, 1.82) is 0 Å². The van der Waals surface area contributed by atoms with E-state index in [0.29, 0.717) is 23.2 Å². The fraction of sp³-hybridized carbons (Fsp3) is 0.429. The van der Waals surface area contributed by atoms with Crippen molar-refractivity contribution in [3.05, 3.63) is 17.0 Å². The van der Waals surface area contributed by atoms with E-state index in [-0.39, 0.29) is 11.5 Å². The number of hydrogen-bond acceptors (Lipinski definition) is 4. The summed E-state index contributed by atoms with van der Waals surface area (Å²) >= 11 is 0. The zero-order valence-electron chi connectivity index (χ0n) is 7.02. The van der Waals surface area contributed by atoms with Gasteiger partial charge in [-0.3, -0.25) is 9.48 Å². The van der Waals surface area contributed by atoms with Gasteiger partial charge in [-0.2, -0.15) is 5.10 Å². The quantitative estimate of drug-likeness (QED) is 0.581. The molecule has 0 atom stereocenters. The van der Waals surface area contributed by atoms with Gasteiger partial charge in [0, 0.05) is 12.6 Å². The normalized spacial score (nSPS) is 18.5. The predicted octanol–water partition coefficient (Wildman–Crippen LogP) is -0.339. The first-order valence-electron chi connectivity index (χ1n) is 3.74. The number of carbonyl (C=O) groups is 1. The van der Waals surface area contributed by atoms with Gasteiger partial charge < -0.3 is 0 Å². The number of fused-ring (bicyclic) bond motifs is 1. The van der Waals surface area contributed by atoms with E-state index in [1.165, 1.54) is 4.68 Å². The molecule has 5 nitrogen and oxygen atoms in total. The highest BCUT2D eigenvalue weighted by Gasteiger charge is 2.30. The molecule has 0 bridgehead atoms. The minimum absolute atomic E-state index is 0.0377. The standard InChI is InChI=1S/C7H8N2O3S/c1-9-7(2-10)5-3-13(11,12)4-6(5)8-9/h2H,3-4H2,1H3. The molecule has 1 aliphatic rings. The molecule has 0 aromatic carbocycles. The monoisotopic (exact) mass is 200 g/mol. The zero-order valence-corrected chi connectivity index (χ0v) is 7.84. The Morgan fingerprint density at radius 2 is 2.15 bits per heavy atom. The van der Waals surface area contributed by atoms with Crippen LogP contribution in [0.1, 0.15) is 21.7 Å². The van der Waals surface area contributed by atoms with E-state index < -0.39 is 9.84 Å². The summed E-state index contributed by atoms with van der Waals surface area (Å²) in [5.41, 5.74) is 1.46. The number of rotatable bonds is 1. The second-order valence-corrected chi connectivity index (χ2v) is 5.15. The van der Waals surface area contributed by atoms with Crippen molar-refractivity contribution >= 4 is 16.1 Å². The molecule has 0 unspecified atom stereocenters. The Bertz CT molecular complexity index is 472. The maximum absolute atomic E-state index is 11.2. The van der Waals surface area contributed by atoms with E-state index in [2.05, 4.69) is 5.10 Å². The molecule has 0 radical (unpaired) electrons. The third-order valence-corrected chi connectivity index (χ3v) is 3.55. The number of aldehydes is 1. The topological polar surface area (TPSA) is 69.0 Å². The number of hydrogen-bond donors (Lipinski definition) is 0. The van der Waals surface area contributed by atoms with E-state index >= 15 is 0 Å². The van der Waals surface area contributed by atoms with Crippen LogP contribution < -0.4 is 0 Å². The van der Waals surface area contributed by atoms with Gasteiger partial charge in [-0.05, 0) is 0 Å². The van der Waals surface area contributed by atoms with Crippen molar-refractivity contribution in [1.82, 2.24) is 9.78 Å². The Hall–Kier alpha value is -1.17. The lowest BCUT2D eigenvalue weighted by molar-refractivity contribution is 0.111. The largest absolute Gasteiger partial charge is 0.296 e. The van der Waals surface area contributed by atoms with Gasteiger partial charge in [0.1, 0.15) is 5.69 Å². The maximum Gasteiger partial charge on any atom is 0.168 e. The van der Waals surface area contributed by atoms with E-state index in [9.17, 15) is 13.2 Å². The zero-order chi connectivity index (χ0) is 9.64. The second kappa shape index (κ2) is 2.41. The molecule has 0 spiro atoms. The fourth-order valence-electron chi connectivity index (χ4n) is 1.54. The van der Waals surface area contributed by atoms with Gasteiger partial charge in [0.15, 0.2) is 16.1 Å². The molecule has 0 N–H and O–H groups in total. The third-order valence-electron chi connectivity index (χ3n) is 2.11. The Morgan fingerprint density at radius 3 is 2.77 bits per heavy atom. The Morgan fingerprint density at radius 1 is 1.46 bits per heavy atom. The molecule has 0 saturated carbocycles. The van der Waals surface area contributed by atoms with Crippen LogP contribution in [0.2, 0.25) is 0 Å². The molecule has 6 heteroatoms. The molecule has 0 aliphatic carbocycles. The van der Waals surface area contributed by atoms with Crippen molar-refractivity contribution in [3.8, 4) is 0 Å². The van der Waals surface area contributed by atoms with Crippen LogP contribution in [0, 0.1) is 0 Å². The van der Waals surface area contributed by atoms with Crippen molar-refractivity contribution in [2.75, 3.05) is 0 Å². The summed E-state index contributed by atoms with van der Waals surface area (Å²) < 4.78 is 23.7. The van der Waals surface area contributed by atoms with Gasteiger partial charge in [-0.1, -0.05) is 0 Å². The van der Waals surface area contributed by atoms with Gasteiger partial charge >= 0.3 is 0 Å². The molecule has 70 valence electrons. The number of sulfone groups is 1. The number of aryl methyl sites for hydroxylation is 1. The molecule has 0 fully saturated rings. The summed E-state index contributed by atoms with van der Waals surface area (Å²) in [5.74, 6) is -0.0890. The van der Waals surface area contributed by atoms with Crippen LogP contribution in [-0.2, 0) is 28.4 Å². The molecular weight excluding hydrogens is 192 g/mol. The molecule has 2 rings (SSSR count). The first-order chi connectivity index (χ1) is 6.03. The highest BCUT2D eigenvalue weighted by Crippen LogP contribution is 2.25. The van der Waals surface area contributed by atoms with Crippen LogP contribution in [0.25, 0.3) is 0 Å². The number of aromatic nitrogens is 2. The fourth-order valence-corrected chi connectivity index (χ4v) is 3.04. The SMILES string of the molecule is Cn1nc2c(c1C=O)CS(=O)(=O)C2. The van der Waals surface area contributed by atoms with Crippen LogP contribution in [0.5, 0.6) is 0 Å². The molecule has 1 aromatic rings. The molecule has 1 aromatic heterocycles. The summed E-state index contributed by atoms with van der Waals surface area (Å²) in [7, 11) is -1.41. The van der Waals surface area contributed by atoms with Gasteiger partial charge in [-0.15, -0.1) is 0 Å². The van der Waals surface area contributed by atoms with Crippen molar-refractivity contribution in [2.24, 2.45) is 7.05 Å². The van der Waals surface area contributed by atoms with Gasteiger partial charge in [-0.25, -0.2) is 8.42 Å².